The van der Waals surface area contributed by atoms with Crippen molar-refractivity contribution in [3.8, 4) is 11.5 Å². The van der Waals surface area contributed by atoms with E-state index in [-0.39, 0.29) is 18.1 Å². The molecule has 8 heteroatoms. The summed E-state index contributed by atoms with van der Waals surface area (Å²) in [6.45, 7) is 3.89. The lowest BCUT2D eigenvalue weighted by atomic mass is 10.2. The summed E-state index contributed by atoms with van der Waals surface area (Å²) in [4.78, 5) is 11.6. The number of methoxy groups -OCH3 is 1. The van der Waals surface area contributed by atoms with Crippen LogP contribution in [0.25, 0.3) is 0 Å². The second-order valence-electron chi connectivity index (χ2n) is 5.30. The average Bonchev–Trinajstić information content (AvgIpc) is 2.63. The van der Waals surface area contributed by atoms with E-state index in [9.17, 15) is 18.0 Å². The van der Waals surface area contributed by atoms with Gasteiger partial charge in [0.1, 0.15) is 6.61 Å². The van der Waals surface area contributed by atoms with Gasteiger partial charge in [-0.25, -0.2) is 4.79 Å². The van der Waals surface area contributed by atoms with Gasteiger partial charge >= 0.3 is 12.1 Å². The van der Waals surface area contributed by atoms with Crippen LogP contribution in [0, 0.1) is 0 Å². The smallest absolute Gasteiger partial charge is 0.416 e. The van der Waals surface area contributed by atoms with Crippen LogP contribution in [0.5, 0.6) is 11.5 Å². The second kappa shape index (κ2) is 9.09. The first kappa shape index (κ1) is 20.3. The Labute approximate surface area is 154 Å². The van der Waals surface area contributed by atoms with Crippen molar-refractivity contribution in [2.45, 2.75) is 6.18 Å². The van der Waals surface area contributed by atoms with Crippen molar-refractivity contribution in [1.29, 1.82) is 0 Å². The number of nitrogens with one attached hydrogen (secondary N) is 1. The van der Waals surface area contributed by atoms with E-state index < -0.39 is 17.7 Å². The minimum Gasteiger partial charge on any atom is -0.487 e. The molecule has 0 aliphatic rings. The molecule has 0 unspecified atom stereocenters. The van der Waals surface area contributed by atoms with E-state index in [1.165, 1.54) is 19.2 Å². The van der Waals surface area contributed by atoms with Crippen molar-refractivity contribution in [3.63, 3.8) is 0 Å². The number of carbonyl (C=O) groups excluding carboxylic acids is 1. The molecule has 0 aliphatic carbocycles. The van der Waals surface area contributed by atoms with Gasteiger partial charge in [-0.15, -0.1) is 0 Å². The van der Waals surface area contributed by atoms with Crippen molar-refractivity contribution >= 4 is 17.3 Å². The maximum Gasteiger partial charge on any atom is 0.416 e. The molecule has 1 N–H and O–H groups in total. The Kier molecular flexibility index (Phi) is 6.84. The Hall–Kier alpha value is -3.00. The first-order valence-corrected chi connectivity index (χ1v) is 7.88. The topological polar surface area (TPSA) is 56.8 Å². The maximum absolute atomic E-state index is 12.7. The number of para-hydroxylation sites is 1. The van der Waals surface area contributed by atoms with E-state index in [0.29, 0.717) is 18.0 Å². The van der Waals surface area contributed by atoms with Crippen LogP contribution in [-0.4, -0.2) is 26.3 Å². The van der Waals surface area contributed by atoms with E-state index in [2.05, 4.69) is 11.9 Å². The Morgan fingerprint density at radius 2 is 1.85 bits per heavy atom. The number of esters is 1. The van der Waals surface area contributed by atoms with Gasteiger partial charge in [-0.3, -0.25) is 0 Å². The highest BCUT2D eigenvalue weighted by Gasteiger charge is 2.30. The number of halogens is 3. The third-order valence-corrected chi connectivity index (χ3v) is 3.38. The summed E-state index contributed by atoms with van der Waals surface area (Å²) in [6, 6.07) is 9.32. The molecule has 27 heavy (non-hydrogen) atoms. The van der Waals surface area contributed by atoms with Gasteiger partial charge in [0.05, 0.1) is 17.9 Å². The van der Waals surface area contributed by atoms with Crippen LogP contribution >= 0.6 is 0 Å². The van der Waals surface area contributed by atoms with Gasteiger partial charge in [-0.1, -0.05) is 12.6 Å². The highest BCUT2D eigenvalue weighted by Crippen LogP contribution is 2.38. The van der Waals surface area contributed by atoms with E-state index >= 15 is 0 Å². The highest BCUT2D eigenvalue weighted by molar-refractivity contribution is 5.86. The largest absolute Gasteiger partial charge is 0.487 e. The van der Waals surface area contributed by atoms with Gasteiger partial charge in [0.15, 0.2) is 11.5 Å². The molecule has 0 amide bonds. The number of carbonyl (C=O) groups is 1. The Morgan fingerprint density at radius 3 is 2.44 bits per heavy atom. The van der Waals surface area contributed by atoms with E-state index in [1.807, 2.05) is 0 Å². The number of hydrogen-bond donors (Lipinski definition) is 1. The van der Waals surface area contributed by atoms with Crippen LogP contribution in [0.2, 0.25) is 0 Å². The molecular weight excluding hydrogens is 363 g/mol. The molecule has 0 aliphatic heterocycles. The van der Waals surface area contributed by atoms with Gasteiger partial charge in [0, 0.05) is 18.9 Å². The van der Waals surface area contributed by atoms with Gasteiger partial charge < -0.3 is 19.5 Å². The molecule has 0 radical (unpaired) electrons. The minimum absolute atomic E-state index is 0.0957. The lowest BCUT2D eigenvalue weighted by Crippen LogP contribution is -2.10. The van der Waals surface area contributed by atoms with Crippen molar-refractivity contribution in [2.75, 3.05) is 25.6 Å². The summed E-state index contributed by atoms with van der Waals surface area (Å²) >= 11 is 0. The lowest BCUT2D eigenvalue weighted by molar-refractivity contribution is -0.137. The standard InChI is InChI=1S/C19H18F3NO4/c1-3-17(24)27-18-15(5-4-6-16(18)26-12-11-25-2)23-14-9-7-13(8-10-14)19(20,21)22/h3-10,23H,1,11-12H2,2H3. The SMILES string of the molecule is C=CC(=O)Oc1c(Nc2ccc(C(F)(F)F)cc2)cccc1OCCOC. The number of anilines is 2. The number of alkyl halides is 3. The molecule has 2 aromatic carbocycles. The number of ether oxygens (including phenoxy) is 3. The molecule has 0 atom stereocenters. The van der Waals surface area contributed by atoms with Gasteiger partial charge in [0.2, 0.25) is 0 Å². The average molecular weight is 381 g/mol. The van der Waals surface area contributed by atoms with Gasteiger partial charge in [-0.2, -0.15) is 13.2 Å². The fourth-order valence-corrected chi connectivity index (χ4v) is 2.11. The van der Waals surface area contributed by atoms with Crippen LogP contribution in [0.1, 0.15) is 5.56 Å². The Morgan fingerprint density at radius 1 is 1.15 bits per heavy atom. The zero-order chi connectivity index (χ0) is 19.9. The minimum atomic E-state index is -4.42. The first-order valence-electron chi connectivity index (χ1n) is 7.88. The molecule has 0 saturated heterocycles. The fraction of sp³-hybridized carbons (Fsp3) is 0.211. The summed E-state index contributed by atoms with van der Waals surface area (Å²) < 4.78 is 53.7. The predicted molar refractivity (Wildman–Crippen MR) is 94.4 cm³/mol. The van der Waals surface area contributed by atoms with Crippen molar-refractivity contribution in [1.82, 2.24) is 0 Å². The molecule has 0 bridgehead atoms. The molecule has 0 aromatic heterocycles. The van der Waals surface area contributed by atoms with Crippen molar-refractivity contribution in [3.05, 3.63) is 60.7 Å². The van der Waals surface area contributed by atoms with E-state index in [4.69, 9.17) is 14.2 Å². The second-order valence-corrected chi connectivity index (χ2v) is 5.30. The molecule has 0 spiro atoms. The third kappa shape index (κ3) is 5.75. The third-order valence-electron chi connectivity index (χ3n) is 3.38. The zero-order valence-corrected chi connectivity index (χ0v) is 14.5. The summed E-state index contributed by atoms with van der Waals surface area (Å²) in [6.07, 6.45) is -3.42. The fourth-order valence-electron chi connectivity index (χ4n) is 2.11. The summed E-state index contributed by atoms with van der Waals surface area (Å²) in [7, 11) is 1.52. The highest BCUT2D eigenvalue weighted by atomic mass is 19.4. The normalized spacial score (nSPS) is 11.0. The van der Waals surface area contributed by atoms with Crippen molar-refractivity contribution in [2.24, 2.45) is 0 Å². The van der Waals surface area contributed by atoms with Crippen LogP contribution in [0.3, 0.4) is 0 Å². The van der Waals surface area contributed by atoms with E-state index in [0.717, 1.165) is 18.2 Å². The maximum atomic E-state index is 12.7. The lowest BCUT2D eigenvalue weighted by Gasteiger charge is -2.16. The van der Waals surface area contributed by atoms with Crippen LogP contribution in [0.4, 0.5) is 24.5 Å². The number of rotatable bonds is 8. The zero-order valence-electron chi connectivity index (χ0n) is 14.5. The molecule has 0 saturated carbocycles. The van der Waals surface area contributed by atoms with Gasteiger partial charge in [-0.05, 0) is 36.4 Å². The summed E-state index contributed by atoms with van der Waals surface area (Å²) in [5, 5.41) is 2.92. The van der Waals surface area contributed by atoms with Gasteiger partial charge in [0.25, 0.3) is 0 Å². The van der Waals surface area contributed by atoms with Crippen molar-refractivity contribution < 1.29 is 32.2 Å². The molecule has 144 valence electrons. The molecule has 2 aromatic rings. The van der Waals surface area contributed by atoms with Crippen LogP contribution < -0.4 is 14.8 Å². The number of hydrogen-bond acceptors (Lipinski definition) is 5. The number of benzene rings is 2. The summed E-state index contributed by atoms with van der Waals surface area (Å²) in [5.41, 5.74) is -0.0316. The molecule has 5 nitrogen and oxygen atoms in total. The Bertz CT molecular complexity index is 789. The van der Waals surface area contributed by atoms with Crippen LogP contribution in [-0.2, 0) is 15.7 Å². The quantitative estimate of drug-likeness (QED) is 0.314. The monoisotopic (exact) mass is 381 g/mol. The molecule has 0 heterocycles. The molecular formula is C19H18F3NO4. The molecule has 2 rings (SSSR count). The van der Waals surface area contributed by atoms with E-state index in [1.54, 1.807) is 18.2 Å². The first-order chi connectivity index (χ1) is 12.8. The summed E-state index contributed by atoms with van der Waals surface area (Å²) in [5.74, 6) is -0.328. The van der Waals surface area contributed by atoms with Crippen LogP contribution in [0.15, 0.2) is 55.1 Å². The predicted octanol–water partition coefficient (Wildman–Crippen LogP) is 4.57. The molecule has 0 fully saturated rings. The Balaban J connectivity index is 2.29.